The molecule has 0 aliphatic heterocycles. The molecule has 118 valence electrons. The molecule has 0 bridgehead atoms. The molecule has 0 aliphatic rings. The van der Waals surface area contributed by atoms with E-state index in [1.165, 1.54) is 0 Å². The number of furan rings is 1. The first-order chi connectivity index (χ1) is 11.7. The van der Waals surface area contributed by atoms with Gasteiger partial charge in [-0.1, -0.05) is 30.3 Å². The van der Waals surface area contributed by atoms with Gasteiger partial charge in [0, 0.05) is 10.3 Å². The van der Waals surface area contributed by atoms with Crippen LogP contribution in [0.1, 0.15) is 10.6 Å². The van der Waals surface area contributed by atoms with Crippen molar-refractivity contribution in [2.24, 2.45) is 0 Å². The quantitative estimate of drug-likeness (QED) is 0.518. The summed E-state index contributed by atoms with van der Waals surface area (Å²) in [6.45, 7) is 0. The van der Waals surface area contributed by atoms with Crippen LogP contribution in [0.25, 0.3) is 21.4 Å². The van der Waals surface area contributed by atoms with Gasteiger partial charge in [-0.2, -0.15) is 0 Å². The van der Waals surface area contributed by atoms with Gasteiger partial charge in [0.15, 0.2) is 5.76 Å². The molecular formula is C19H14N2O2S. The van der Waals surface area contributed by atoms with Gasteiger partial charge in [0.25, 0.3) is 5.91 Å². The normalized spacial score (nSPS) is 10.8. The van der Waals surface area contributed by atoms with Crippen molar-refractivity contribution in [3.05, 3.63) is 71.8 Å². The van der Waals surface area contributed by atoms with Crippen LogP contribution in [0.15, 0.2) is 70.5 Å². The molecule has 5 heteroatoms. The number of nitrogens with two attached hydrogens (primary N) is 1. The third-order valence-corrected chi connectivity index (χ3v) is 4.68. The Morgan fingerprint density at radius 1 is 1.04 bits per heavy atom. The van der Waals surface area contributed by atoms with Crippen molar-refractivity contribution in [1.29, 1.82) is 0 Å². The summed E-state index contributed by atoms with van der Waals surface area (Å²) < 4.78 is 5.59. The van der Waals surface area contributed by atoms with Crippen LogP contribution in [0.5, 0.6) is 0 Å². The predicted octanol–water partition coefficient (Wildman–Crippen LogP) is 5.00. The van der Waals surface area contributed by atoms with Crippen LogP contribution >= 0.6 is 11.3 Å². The highest BCUT2D eigenvalue weighted by molar-refractivity contribution is 7.13. The van der Waals surface area contributed by atoms with Crippen molar-refractivity contribution in [3.8, 4) is 10.4 Å². The molecule has 2 heterocycles. The lowest BCUT2D eigenvalue weighted by Crippen LogP contribution is -2.12. The first-order valence-corrected chi connectivity index (χ1v) is 8.32. The monoisotopic (exact) mass is 334 g/mol. The molecule has 3 N–H and O–H groups in total. The Labute approximate surface area is 142 Å². The van der Waals surface area contributed by atoms with E-state index in [4.69, 9.17) is 10.2 Å². The molecule has 2 aromatic heterocycles. The summed E-state index contributed by atoms with van der Waals surface area (Å²) in [5.74, 6) is -0.0571. The molecule has 2 aromatic carbocycles. The van der Waals surface area contributed by atoms with Gasteiger partial charge in [-0.25, -0.2) is 0 Å². The van der Waals surface area contributed by atoms with E-state index in [9.17, 15) is 4.79 Å². The van der Waals surface area contributed by atoms with Gasteiger partial charge in [0.2, 0.25) is 0 Å². The molecule has 0 saturated carbocycles. The maximum absolute atomic E-state index is 12.5. The van der Waals surface area contributed by atoms with Crippen molar-refractivity contribution < 1.29 is 9.21 Å². The van der Waals surface area contributed by atoms with Crippen LogP contribution in [0.2, 0.25) is 0 Å². The number of nitrogens with one attached hydrogen (secondary N) is 1. The van der Waals surface area contributed by atoms with Crippen LogP contribution in [0, 0.1) is 0 Å². The highest BCUT2D eigenvalue weighted by Gasteiger charge is 2.14. The first-order valence-electron chi connectivity index (χ1n) is 7.44. The van der Waals surface area contributed by atoms with E-state index in [2.05, 4.69) is 5.32 Å². The van der Waals surface area contributed by atoms with Gasteiger partial charge in [0.05, 0.1) is 11.4 Å². The largest absolute Gasteiger partial charge is 0.451 e. The summed E-state index contributed by atoms with van der Waals surface area (Å²) in [6.07, 6.45) is 0. The van der Waals surface area contributed by atoms with Crippen LogP contribution in [0.4, 0.5) is 11.4 Å². The minimum Gasteiger partial charge on any atom is -0.451 e. The molecule has 0 atom stereocenters. The lowest BCUT2D eigenvalue weighted by Gasteiger charge is -2.08. The number of carbonyl (C=O) groups is 1. The van der Waals surface area contributed by atoms with E-state index in [1.54, 1.807) is 23.5 Å². The number of anilines is 2. The maximum Gasteiger partial charge on any atom is 0.291 e. The highest BCUT2D eigenvalue weighted by atomic mass is 32.1. The number of nitrogen functional groups attached to an aromatic ring is 1. The van der Waals surface area contributed by atoms with Gasteiger partial charge in [-0.3, -0.25) is 4.79 Å². The fourth-order valence-electron chi connectivity index (χ4n) is 2.54. The molecule has 0 spiro atoms. The Balaban J connectivity index is 1.64. The van der Waals surface area contributed by atoms with Crippen LogP contribution in [-0.4, -0.2) is 5.91 Å². The molecule has 0 saturated heterocycles. The van der Waals surface area contributed by atoms with Crippen LogP contribution in [-0.2, 0) is 0 Å². The van der Waals surface area contributed by atoms with Crippen LogP contribution < -0.4 is 11.1 Å². The number of amides is 1. The molecule has 24 heavy (non-hydrogen) atoms. The molecule has 0 radical (unpaired) electrons. The number of rotatable bonds is 3. The zero-order chi connectivity index (χ0) is 16.5. The third-order valence-electron chi connectivity index (χ3n) is 3.76. The van der Waals surface area contributed by atoms with Crippen molar-refractivity contribution >= 4 is 39.6 Å². The summed E-state index contributed by atoms with van der Waals surface area (Å²) in [5, 5.41) is 5.74. The fourth-order valence-corrected chi connectivity index (χ4v) is 3.26. The van der Waals surface area contributed by atoms with E-state index in [1.807, 2.05) is 53.9 Å². The summed E-state index contributed by atoms with van der Waals surface area (Å²) >= 11 is 1.64. The lowest BCUT2D eigenvalue weighted by molar-refractivity contribution is 0.0999. The molecule has 1 amide bonds. The number of hydrogen-bond donors (Lipinski definition) is 2. The Bertz CT molecular complexity index is 986. The minimum atomic E-state index is -0.318. The van der Waals surface area contributed by atoms with Crippen molar-refractivity contribution in [1.82, 2.24) is 0 Å². The fraction of sp³-hybridized carbons (Fsp3) is 0. The number of fused-ring (bicyclic) bond motifs is 1. The van der Waals surface area contributed by atoms with E-state index in [0.717, 1.165) is 15.8 Å². The van der Waals surface area contributed by atoms with E-state index in [0.29, 0.717) is 17.0 Å². The molecule has 0 fully saturated rings. The maximum atomic E-state index is 12.5. The highest BCUT2D eigenvalue weighted by Crippen LogP contribution is 2.30. The molecule has 0 unspecified atom stereocenters. The second-order valence-electron chi connectivity index (χ2n) is 5.38. The van der Waals surface area contributed by atoms with Gasteiger partial charge in [-0.05, 0) is 41.3 Å². The lowest BCUT2D eigenvalue weighted by atomic mass is 10.1. The SMILES string of the molecule is Nc1ccc(-c2cccs2)cc1NC(=O)c1cc2ccccc2o1. The molecule has 0 aliphatic carbocycles. The number of benzene rings is 2. The van der Waals surface area contributed by atoms with Gasteiger partial charge in [-0.15, -0.1) is 11.3 Å². The van der Waals surface area contributed by atoms with Gasteiger partial charge in [0.1, 0.15) is 5.58 Å². The summed E-state index contributed by atoms with van der Waals surface area (Å²) in [5.41, 5.74) is 8.79. The summed E-state index contributed by atoms with van der Waals surface area (Å²) in [6, 6.07) is 18.9. The van der Waals surface area contributed by atoms with E-state index < -0.39 is 0 Å². The number of thiophene rings is 1. The summed E-state index contributed by atoms with van der Waals surface area (Å²) in [4.78, 5) is 13.6. The van der Waals surface area contributed by atoms with Crippen molar-refractivity contribution in [2.75, 3.05) is 11.1 Å². The summed E-state index contributed by atoms with van der Waals surface area (Å²) in [7, 11) is 0. The van der Waals surface area contributed by atoms with Gasteiger partial charge >= 0.3 is 0 Å². The van der Waals surface area contributed by atoms with Crippen molar-refractivity contribution in [3.63, 3.8) is 0 Å². The molecule has 4 rings (SSSR count). The van der Waals surface area contributed by atoms with E-state index >= 15 is 0 Å². The standard InChI is InChI=1S/C19H14N2O2S/c20-14-8-7-13(18-6-3-9-24-18)10-15(14)21-19(22)17-11-12-4-1-2-5-16(12)23-17/h1-11H,20H2,(H,21,22). The Morgan fingerprint density at radius 3 is 2.71 bits per heavy atom. The number of hydrogen-bond acceptors (Lipinski definition) is 4. The molecule has 4 nitrogen and oxygen atoms in total. The second-order valence-corrected chi connectivity index (χ2v) is 6.33. The number of para-hydroxylation sites is 1. The smallest absolute Gasteiger partial charge is 0.291 e. The first kappa shape index (κ1) is 14.5. The zero-order valence-electron chi connectivity index (χ0n) is 12.7. The predicted molar refractivity (Wildman–Crippen MR) is 98.3 cm³/mol. The second kappa shape index (κ2) is 5.86. The average Bonchev–Trinajstić information content (AvgIpc) is 3.26. The molecular weight excluding hydrogens is 320 g/mol. The Hall–Kier alpha value is -3.05. The van der Waals surface area contributed by atoms with E-state index in [-0.39, 0.29) is 11.7 Å². The van der Waals surface area contributed by atoms with Gasteiger partial charge < -0.3 is 15.5 Å². The molecule has 4 aromatic rings. The third kappa shape index (κ3) is 2.66. The minimum absolute atomic E-state index is 0.261. The van der Waals surface area contributed by atoms with Crippen LogP contribution in [0.3, 0.4) is 0 Å². The number of carbonyl (C=O) groups excluding carboxylic acids is 1. The topological polar surface area (TPSA) is 68.3 Å². The average molecular weight is 334 g/mol. The Morgan fingerprint density at radius 2 is 1.92 bits per heavy atom. The Kier molecular flexibility index (Phi) is 3.55. The zero-order valence-corrected chi connectivity index (χ0v) is 13.5. The van der Waals surface area contributed by atoms with Crippen molar-refractivity contribution in [2.45, 2.75) is 0 Å².